The van der Waals surface area contributed by atoms with E-state index in [4.69, 9.17) is 5.73 Å². The third-order valence-corrected chi connectivity index (χ3v) is 2.55. The van der Waals surface area contributed by atoms with Crippen molar-refractivity contribution in [1.29, 1.82) is 0 Å². The highest BCUT2D eigenvalue weighted by atomic mass is 19.1. The highest BCUT2D eigenvalue weighted by Gasteiger charge is 2.14. The normalized spacial score (nSPS) is 10.6. The van der Waals surface area contributed by atoms with Gasteiger partial charge in [0, 0.05) is 25.0 Å². The summed E-state index contributed by atoms with van der Waals surface area (Å²) in [5.74, 6) is -0.166. The van der Waals surface area contributed by atoms with Crippen LogP contribution in [0, 0.1) is 15.9 Å². The first kappa shape index (κ1) is 12.2. The van der Waals surface area contributed by atoms with Crippen LogP contribution >= 0.6 is 0 Å². The molecule has 1 heterocycles. The summed E-state index contributed by atoms with van der Waals surface area (Å²) in [6.45, 7) is 0.657. The Balaban J connectivity index is 2.25. The molecule has 2 aromatic rings. The number of hydrogen-bond acceptors (Lipinski definition) is 4. The van der Waals surface area contributed by atoms with E-state index in [9.17, 15) is 14.5 Å². The largest absolute Gasteiger partial charge is 0.329 e. The topological polar surface area (TPSA) is 87.0 Å². The molecule has 0 aliphatic heterocycles. The molecule has 1 aromatic heterocycles. The minimum absolute atomic E-state index is 0.280. The molecule has 0 saturated carbocycles. The third-order valence-electron chi connectivity index (χ3n) is 2.55. The van der Waals surface area contributed by atoms with E-state index in [-0.39, 0.29) is 6.54 Å². The molecular weight excluding hydrogens is 239 g/mol. The summed E-state index contributed by atoms with van der Waals surface area (Å²) in [6.07, 6.45) is 3.32. The van der Waals surface area contributed by atoms with Gasteiger partial charge in [0.15, 0.2) is 0 Å². The molecule has 0 amide bonds. The second-order valence-electron chi connectivity index (χ2n) is 3.72. The van der Waals surface area contributed by atoms with Crippen LogP contribution in [-0.4, -0.2) is 14.5 Å². The summed E-state index contributed by atoms with van der Waals surface area (Å²) in [6, 6.07) is 3.82. The fourth-order valence-electron chi connectivity index (χ4n) is 1.67. The minimum Gasteiger partial charge on any atom is -0.329 e. The SMILES string of the molecule is NCc1nccn1Cc1ccc([N+](=O)[O-])c(F)c1. The maximum Gasteiger partial charge on any atom is 0.304 e. The Morgan fingerprint density at radius 1 is 1.50 bits per heavy atom. The molecule has 0 bridgehead atoms. The van der Waals surface area contributed by atoms with Crippen LogP contribution in [0.4, 0.5) is 10.1 Å². The van der Waals surface area contributed by atoms with Gasteiger partial charge in [0.2, 0.25) is 5.82 Å². The van der Waals surface area contributed by atoms with Gasteiger partial charge in [-0.05, 0) is 11.6 Å². The standard InChI is InChI=1S/C11H11FN4O2/c12-9-5-8(1-2-10(9)16(17)18)7-15-4-3-14-11(15)6-13/h1-5H,6-7,13H2. The monoisotopic (exact) mass is 250 g/mol. The van der Waals surface area contributed by atoms with Gasteiger partial charge < -0.3 is 10.3 Å². The number of nitro benzene ring substituents is 1. The number of benzene rings is 1. The highest BCUT2D eigenvalue weighted by Crippen LogP contribution is 2.18. The quantitative estimate of drug-likeness (QED) is 0.657. The number of imidazole rings is 1. The fraction of sp³-hybridized carbons (Fsp3) is 0.182. The van der Waals surface area contributed by atoms with Crippen molar-refractivity contribution in [3.05, 3.63) is 57.9 Å². The van der Waals surface area contributed by atoms with Crippen LogP contribution in [0.2, 0.25) is 0 Å². The molecular formula is C11H11FN4O2. The van der Waals surface area contributed by atoms with Gasteiger partial charge >= 0.3 is 5.69 Å². The number of nitro groups is 1. The second-order valence-corrected chi connectivity index (χ2v) is 3.72. The van der Waals surface area contributed by atoms with E-state index in [1.165, 1.54) is 6.07 Å². The molecule has 2 N–H and O–H groups in total. The van der Waals surface area contributed by atoms with Crippen LogP contribution in [0.3, 0.4) is 0 Å². The van der Waals surface area contributed by atoms with Crippen LogP contribution in [0.5, 0.6) is 0 Å². The predicted octanol–water partition coefficient (Wildman–Crippen LogP) is 1.44. The van der Waals surface area contributed by atoms with E-state index in [0.717, 1.165) is 12.1 Å². The van der Waals surface area contributed by atoms with Gasteiger partial charge in [0.25, 0.3) is 0 Å². The average molecular weight is 250 g/mol. The number of halogens is 1. The molecule has 0 fully saturated rings. The zero-order valence-electron chi connectivity index (χ0n) is 9.41. The van der Waals surface area contributed by atoms with Crippen molar-refractivity contribution in [2.45, 2.75) is 13.1 Å². The third kappa shape index (κ3) is 2.35. The molecule has 1 aromatic carbocycles. The number of aromatic nitrogens is 2. The van der Waals surface area contributed by atoms with Gasteiger partial charge in [-0.25, -0.2) is 4.98 Å². The average Bonchev–Trinajstić information content (AvgIpc) is 2.76. The first-order valence-corrected chi connectivity index (χ1v) is 5.24. The molecule has 6 nitrogen and oxygen atoms in total. The molecule has 18 heavy (non-hydrogen) atoms. The van der Waals surface area contributed by atoms with Crippen molar-refractivity contribution in [2.75, 3.05) is 0 Å². The molecule has 0 spiro atoms. The lowest BCUT2D eigenvalue weighted by atomic mass is 10.2. The smallest absolute Gasteiger partial charge is 0.304 e. The number of nitrogens with zero attached hydrogens (tertiary/aromatic N) is 3. The van der Waals surface area contributed by atoms with E-state index in [1.807, 2.05) is 0 Å². The van der Waals surface area contributed by atoms with E-state index < -0.39 is 16.4 Å². The van der Waals surface area contributed by atoms with E-state index in [1.54, 1.807) is 17.0 Å². The van der Waals surface area contributed by atoms with Crippen LogP contribution in [-0.2, 0) is 13.1 Å². The van der Waals surface area contributed by atoms with Crippen molar-refractivity contribution in [2.24, 2.45) is 5.73 Å². The Labute approximate surface area is 102 Å². The minimum atomic E-state index is -0.841. The maximum absolute atomic E-state index is 13.4. The van der Waals surface area contributed by atoms with Crippen molar-refractivity contribution in [3.63, 3.8) is 0 Å². The van der Waals surface area contributed by atoms with Gasteiger partial charge in [-0.1, -0.05) is 6.07 Å². The van der Waals surface area contributed by atoms with E-state index in [2.05, 4.69) is 4.98 Å². The lowest BCUT2D eigenvalue weighted by molar-refractivity contribution is -0.387. The summed E-state index contributed by atoms with van der Waals surface area (Å²) < 4.78 is 15.2. The Morgan fingerprint density at radius 3 is 2.89 bits per heavy atom. The van der Waals surface area contributed by atoms with E-state index >= 15 is 0 Å². The van der Waals surface area contributed by atoms with Crippen molar-refractivity contribution in [3.8, 4) is 0 Å². The van der Waals surface area contributed by atoms with Gasteiger partial charge in [0.1, 0.15) is 5.82 Å². The first-order valence-electron chi connectivity index (χ1n) is 5.24. The lowest BCUT2D eigenvalue weighted by Gasteiger charge is -2.06. The van der Waals surface area contributed by atoms with Crippen LogP contribution in [0.25, 0.3) is 0 Å². The molecule has 0 aliphatic rings. The Hall–Kier alpha value is -2.28. The maximum atomic E-state index is 13.4. The molecule has 94 valence electrons. The molecule has 0 unspecified atom stereocenters. The summed E-state index contributed by atoms with van der Waals surface area (Å²) in [5.41, 5.74) is 5.59. The molecule has 0 atom stereocenters. The molecule has 2 rings (SSSR count). The number of rotatable bonds is 4. The molecule has 0 radical (unpaired) electrons. The second kappa shape index (κ2) is 4.92. The zero-order chi connectivity index (χ0) is 13.1. The van der Waals surface area contributed by atoms with Crippen LogP contribution in [0.15, 0.2) is 30.6 Å². The fourth-order valence-corrected chi connectivity index (χ4v) is 1.67. The highest BCUT2D eigenvalue weighted by molar-refractivity contribution is 5.35. The molecule has 7 heteroatoms. The van der Waals surface area contributed by atoms with E-state index in [0.29, 0.717) is 17.9 Å². The lowest BCUT2D eigenvalue weighted by Crippen LogP contribution is -2.09. The van der Waals surface area contributed by atoms with Crippen LogP contribution in [0.1, 0.15) is 11.4 Å². The Kier molecular flexibility index (Phi) is 3.33. The van der Waals surface area contributed by atoms with Crippen LogP contribution < -0.4 is 5.73 Å². The Morgan fingerprint density at radius 2 is 2.28 bits per heavy atom. The summed E-state index contributed by atoms with van der Waals surface area (Å²) >= 11 is 0. The summed E-state index contributed by atoms with van der Waals surface area (Å²) in [4.78, 5) is 13.8. The molecule has 0 saturated heterocycles. The van der Waals surface area contributed by atoms with Gasteiger partial charge in [-0.2, -0.15) is 4.39 Å². The number of nitrogens with two attached hydrogens (primary N) is 1. The predicted molar refractivity (Wildman–Crippen MR) is 62.3 cm³/mol. The number of hydrogen-bond donors (Lipinski definition) is 1. The van der Waals surface area contributed by atoms with Gasteiger partial charge in [0.05, 0.1) is 11.5 Å². The van der Waals surface area contributed by atoms with Crippen molar-refractivity contribution >= 4 is 5.69 Å². The summed E-state index contributed by atoms with van der Waals surface area (Å²) in [5, 5.41) is 10.5. The van der Waals surface area contributed by atoms with Gasteiger partial charge in [-0.15, -0.1) is 0 Å². The van der Waals surface area contributed by atoms with Crippen molar-refractivity contribution < 1.29 is 9.31 Å². The van der Waals surface area contributed by atoms with Gasteiger partial charge in [-0.3, -0.25) is 10.1 Å². The Bertz CT molecular complexity index is 582. The summed E-state index contributed by atoms with van der Waals surface area (Å²) in [7, 11) is 0. The first-order chi connectivity index (χ1) is 8.61. The zero-order valence-corrected chi connectivity index (χ0v) is 9.41. The van der Waals surface area contributed by atoms with Crippen molar-refractivity contribution in [1.82, 2.24) is 9.55 Å². The molecule has 0 aliphatic carbocycles.